The molecule has 4 heteroatoms. The van der Waals surface area contributed by atoms with Gasteiger partial charge in [-0.3, -0.25) is 14.5 Å². The zero-order chi connectivity index (χ0) is 12.5. The molecule has 1 atom stereocenters. The molecule has 1 aliphatic heterocycles. The van der Waals surface area contributed by atoms with Crippen molar-refractivity contribution >= 4 is 11.8 Å². The second kappa shape index (κ2) is 4.53. The number of carbonyl (C=O) groups is 2. The van der Waals surface area contributed by atoms with Crippen LogP contribution in [-0.2, 0) is 9.59 Å². The summed E-state index contributed by atoms with van der Waals surface area (Å²) >= 11 is 0. The minimum absolute atomic E-state index is 0.000333. The van der Waals surface area contributed by atoms with Gasteiger partial charge in [-0.15, -0.1) is 0 Å². The zero-order valence-corrected chi connectivity index (χ0v) is 10.5. The maximum atomic E-state index is 12.1. The molecule has 0 saturated carbocycles. The molecule has 0 spiro atoms. The van der Waals surface area contributed by atoms with Gasteiger partial charge in [0.05, 0.1) is 5.41 Å². The number of likely N-dealkylation sites (tertiary alicyclic amines) is 1. The summed E-state index contributed by atoms with van der Waals surface area (Å²) < 4.78 is 0. The summed E-state index contributed by atoms with van der Waals surface area (Å²) in [6, 6.07) is -0.174. The van der Waals surface area contributed by atoms with Crippen molar-refractivity contribution in [3.05, 3.63) is 0 Å². The van der Waals surface area contributed by atoms with E-state index in [1.165, 1.54) is 4.90 Å². The van der Waals surface area contributed by atoms with Crippen LogP contribution in [0.4, 0.5) is 0 Å². The van der Waals surface area contributed by atoms with Crippen LogP contribution in [0.15, 0.2) is 0 Å². The first kappa shape index (κ1) is 13.2. The fraction of sp³-hybridized carbons (Fsp3) is 0.833. The first-order chi connectivity index (χ1) is 7.31. The predicted molar refractivity (Wildman–Crippen MR) is 60.6 cm³/mol. The number of imide groups is 1. The van der Waals surface area contributed by atoms with Crippen LogP contribution in [0.1, 0.15) is 40.5 Å². The first-order valence-electron chi connectivity index (χ1n) is 5.78. The Balaban J connectivity index is 2.93. The van der Waals surface area contributed by atoms with E-state index >= 15 is 0 Å². The first-order valence-corrected chi connectivity index (χ1v) is 5.78. The molecule has 0 aromatic rings. The summed E-state index contributed by atoms with van der Waals surface area (Å²) in [5.41, 5.74) is -0.584. The van der Waals surface area contributed by atoms with Crippen molar-refractivity contribution in [2.75, 3.05) is 6.61 Å². The van der Waals surface area contributed by atoms with E-state index in [9.17, 15) is 9.59 Å². The Bertz CT molecular complexity index is 297. The van der Waals surface area contributed by atoms with Gasteiger partial charge in [-0.25, -0.2) is 0 Å². The number of hydrogen-bond donors (Lipinski definition) is 1. The van der Waals surface area contributed by atoms with Crippen molar-refractivity contribution in [3.63, 3.8) is 0 Å². The molecule has 2 amide bonds. The quantitative estimate of drug-likeness (QED) is 0.734. The van der Waals surface area contributed by atoms with Gasteiger partial charge in [-0.05, 0) is 12.3 Å². The van der Waals surface area contributed by atoms with E-state index < -0.39 is 5.41 Å². The highest BCUT2D eigenvalue weighted by Crippen LogP contribution is 2.34. The molecule has 1 N–H and O–H groups in total. The summed E-state index contributed by atoms with van der Waals surface area (Å²) in [6.45, 7) is 7.52. The monoisotopic (exact) mass is 227 g/mol. The summed E-state index contributed by atoms with van der Waals surface area (Å²) in [5.74, 6) is -0.0410. The molecular formula is C12H21NO3. The fourth-order valence-corrected chi connectivity index (χ4v) is 2.21. The lowest BCUT2D eigenvalue weighted by molar-refractivity contribution is -0.145. The lowest BCUT2D eigenvalue weighted by atomic mass is 9.91. The van der Waals surface area contributed by atoms with E-state index in [0.29, 0.717) is 6.42 Å². The summed E-state index contributed by atoms with van der Waals surface area (Å²) in [5, 5.41) is 9.00. The molecule has 1 fully saturated rings. The van der Waals surface area contributed by atoms with Crippen molar-refractivity contribution in [1.82, 2.24) is 4.90 Å². The maximum absolute atomic E-state index is 12.1. The van der Waals surface area contributed by atoms with E-state index in [-0.39, 0.29) is 36.8 Å². The number of carbonyl (C=O) groups excluding carboxylic acids is 2. The summed E-state index contributed by atoms with van der Waals surface area (Å²) in [7, 11) is 0. The second-order valence-electron chi connectivity index (χ2n) is 5.45. The van der Waals surface area contributed by atoms with Crippen LogP contribution in [0.5, 0.6) is 0 Å². The molecule has 16 heavy (non-hydrogen) atoms. The molecule has 4 nitrogen and oxygen atoms in total. The number of aliphatic hydroxyl groups excluding tert-OH is 1. The number of nitrogens with zero attached hydrogens (tertiary/aromatic N) is 1. The van der Waals surface area contributed by atoms with Crippen LogP contribution in [0.3, 0.4) is 0 Å². The van der Waals surface area contributed by atoms with Crippen LogP contribution in [0.25, 0.3) is 0 Å². The van der Waals surface area contributed by atoms with Gasteiger partial charge < -0.3 is 5.11 Å². The van der Waals surface area contributed by atoms with Crippen molar-refractivity contribution in [2.24, 2.45) is 11.3 Å². The molecule has 0 aromatic heterocycles. The van der Waals surface area contributed by atoms with Crippen molar-refractivity contribution in [1.29, 1.82) is 0 Å². The minimum atomic E-state index is -0.584. The highest BCUT2D eigenvalue weighted by atomic mass is 16.3. The highest BCUT2D eigenvalue weighted by Gasteiger charge is 2.47. The highest BCUT2D eigenvalue weighted by molar-refractivity contribution is 6.05. The second-order valence-corrected chi connectivity index (χ2v) is 5.45. The lowest BCUT2D eigenvalue weighted by Gasteiger charge is -2.30. The maximum Gasteiger partial charge on any atom is 0.235 e. The molecule has 0 aromatic carbocycles. The van der Waals surface area contributed by atoms with E-state index in [0.717, 1.165) is 0 Å². The molecule has 1 saturated heterocycles. The third kappa shape index (κ3) is 2.26. The van der Waals surface area contributed by atoms with Crippen LogP contribution in [0.2, 0.25) is 0 Å². The average molecular weight is 227 g/mol. The molecule has 1 heterocycles. The Kier molecular flexibility index (Phi) is 3.73. The van der Waals surface area contributed by atoms with Crippen LogP contribution in [0, 0.1) is 11.3 Å². The molecule has 1 aliphatic rings. The van der Waals surface area contributed by atoms with Gasteiger partial charge in [0.25, 0.3) is 0 Å². The Hall–Kier alpha value is -0.900. The van der Waals surface area contributed by atoms with Gasteiger partial charge in [0.15, 0.2) is 0 Å². The molecule has 0 bridgehead atoms. The standard InChI is InChI=1S/C12H21NO3/c1-8(2)9(5-6-14)13-10(15)7-12(3,4)11(13)16/h8-9,14H,5-7H2,1-4H3. The molecule has 0 aliphatic carbocycles. The zero-order valence-electron chi connectivity index (χ0n) is 10.5. The third-order valence-electron chi connectivity index (χ3n) is 3.19. The Morgan fingerprint density at radius 1 is 1.38 bits per heavy atom. The van der Waals surface area contributed by atoms with E-state index in [2.05, 4.69) is 0 Å². The largest absolute Gasteiger partial charge is 0.396 e. The molecule has 92 valence electrons. The van der Waals surface area contributed by atoms with Gasteiger partial charge in [-0.1, -0.05) is 27.7 Å². The molecular weight excluding hydrogens is 206 g/mol. The Morgan fingerprint density at radius 3 is 2.25 bits per heavy atom. The molecule has 1 rings (SSSR count). The van der Waals surface area contributed by atoms with Crippen molar-refractivity contribution in [3.8, 4) is 0 Å². The van der Waals surface area contributed by atoms with Gasteiger partial charge in [0, 0.05) is 19.1 Å². The van der Waals surface area contributed by atoms with Gasteiger partial charge in [0.2, 0.25) is 11.8 Å². The molecule has 1 unspecified atom stereocenters. The minimum Gasteiger partial charge on any atom is -0.396 e. The van der Waals surface area contributed by atoms with E-state index in [4.69, 9.17) is 5.11 Å². The normalized spacial score (nSPS) is 22.0. The van der Waals surface area contributed by atoms with E-state index in [1.54, 1.807) is 13.8 Å². The Morgan fingerprint density at radius 2 is 1.94 bits per heavy atom. The van der Waals surface area contributed by atoms with Crippen molar-refractivity contribution in [2.45, 2.75) is 46.6 Å². The van der Waals surface area contributed by atoms with Crippen LogP contribution >= 0.6 is 0 Å². The fourth-order valence-electron chi connectivity index (χ4n) is 2.21. The number of aliphatic hydroxyl groups is 1. The number of amides is 2. The smallest absolute Gasteiger partial charge is 0.235 e. The predicted octanol–water partition coefficient (Wildman–Crippen LogP) is 1.18. The number of hydrogen-bond acceptors (Lipinski definition) is 3. The number of rotatable bonds is 4. The van der Waals surface area contributed by atoms with Crippen molar-refractivity contribution < 1.29 is 14.7 Å². The summed E-state index contributed by atoms with van der Waals surface area (Å²) in [6.07, 6.45) is 0.742. The third-order valence-corrected chi connectivity index (χ3v) is 3.19. The topological polar surface area (TPSA) is 57.6 Å². The van der Waals surface area contributed by atoms with Gasteiger partial charge in [-0.2, -0.15) is 0 Å². The SMILES string of the molecule is CC(C)C(CCO)N1C(=O)CC(C)(C)C1=O. The summed E-state index contributed by atoms with van der Waals surface area (Å²) in [4.78, 5) is 25.3. The van der Waals surface area contributed by atoms with Gasteiger partial charge >= 0.3 is 0 Å². The van der Waals surface area contributed by atoms with Crippen LogP contribution < -0.4 is 0 Å². The average Bonchev–Trinajstić information content (AvgIpc) is 2.33. The lowest BCUT2D eigenvalue weighted by Crippen LogP contribution is -2.44. The van der Waals surface area contributed by atoms with Gasteiger partial charge in [0.1, 0.15) is 0 Å². The molecule has 0 radical (unpaired) electrons. The van der Waals surface area contributed by atoms with Crippen LogP contribution in [-0.4, -0.2) is 34.5 Å². The van der Waals surface area contributed by atoms with E-state index in [1.807, 2.05) is 13.8 Å². The Labute approximate surface area is 96.6 Å².